The number of benzene rings is 1. The Bertz CT molecular complexity index is 779. The van der Waals surface area contributed by atoms with E-state index in [1.54, 1.807) is 0 Å². The Morgan fingerprint density at radius 3 is 2.32 bits per heavy atom. The van der Waals surface area contributed by atoms with E-state index >= 15 is 0 Å². The maximum atomic E-state index is 4.47. The maximum Gasteiger partial charge on any atom is 0.0698 e. The summed E-state index contributed by atoms with van der Waals surface area (Å²) < 4.78 is 0. The van der Waals surface area contributed by atoms with Gasteiger partial charge in [0.1, 0.15) is 0 Å². The van der Waals surface area contributed by atoms with Crippen LogP contribution in [0.3, 0.4) is 0 Å². The van der Waals surface area contributed by atoms with Crippen LogP contribution in [0.4, 0.5) is 0 Å². The summed E-state index contributed by atoms with van der Waals surface area (Å²) in [7, 11) is 0. The number of nitrogens with zero attached hydrogens (tertiary/aromatic N) is 1. The van der Waals surface area contributed by atoms with Crippen molar-refractivity contribution in [3.63, 3.8) is 0 Å². The van der Waals surface area contributed by atoms with Gasteiger partial charge in [0.15, 0.2) is 0 Å². The molecule has 25 heavy (non-hydrogen) atoms. The SMILES string of the molecule is CC.CCc1ccc(C2=CC(C)C=C(c3ccccn3)C=C2)cc1C. The molecule has 0 saturated heterocycles. The van der Waals surface area contributed by atoms with Crippen LogP contribution in [-0.2, 0) is 6.42 Å². The van der Waals surface area contributed by atoms with Crippen molar-refractivity contribution in [2.24, 2.45) is 5.92 Å². The van der Waals surface area contributed by atoms with Gasteiger partial charge >= 0.3 is 0 Å². The second-order valence-electron chi connectivity index (χ2n) is 6.15. The average Bonchev–Trinajstić information content (AvgIpc) is 2.86. The second-order valence-corrected chi connectivity index (χ2v) is 6.15. The molecule has 1 heteroatoms. The fourth-order valence-corrected chi connectivity index (χ4v) is 3.07. The Hall–Kier alpha value is -2.41. The quantitative estimate of drug-likeness (QED) is 0.613. The number of pyridine rings is 1. The molecular weight excluding hydrogens is 302 g/mol. The highest BCUT2D eigenvalue weighted by Crippen LogP contribution is 2.28. The topological polar surface area (TPSA) is 12.9 Å². The Balaban J connectivity index is 0.00000109. The molecule has 2 aromatic rings. The molecule has 1 heterocycles. The van der Waals surface area contributed by atoms with Crippen LogP contribution in [0.5, 0.6) is 0 Å². The predicted molar refractivity (Wildman–Crippen MR) is 110 cm³/mol. The number of aryl methyl sites for hydroxylation is 2. The van der Waals surface area contributed by atoms with Crippen molar-refractivity contribution in [2.75, 3.05) is 0 Å². The smallest absolute Gasteiger partial charge is 0.0698 e. The van der Waals surface area contributed by atoms with E-state index < -0.39 is 0 Å². The van der Waals surface area contributed by atoms with Gasteiger partial charge in [-0.3, -0.25) is 4.98 Å². The average molecular weight is 332 g/mol. The van der Waals surface area contributed by atoms with Gasteiger partial charge in [-0.2, -0.15) is 0 Å². The molecule has 0 bridgehead atoms. The number of hydrogen-bond acceptors (Lipinski definition) is 1. The lowest BCUT2D eigenvalue weighted by Crippen LogP contribution is -1.91. The van der Waals surface area contributed by atoms with E-state index in [9.17, 15) is 0 Å². The number of hydrogen-bond donors (Lipinski definition) is 0. The summed E-state index contributed by atoms with van der Waals surface area (Å²) in [6, 6.07) is 12.8. The third kappa shape index (κ3) is 4.79. The summed E-state index contributed by atoms with van der Waals surface area (Å²) in [5, 5.41) is 0. The Morgan fingerprint density at radius 2 is 1.68 bits per heavy atom. The molecule has 130 valence electrons. The summed E-state index contributed by atoms with van der Waals surface area (Å²) >= 11 is 0. The molecule has 0 saturated carbocycles. The molecule has 1 unspecified atom stereocenters. The molecule has 1 nitrogen and oxygen atoms in total. The summed E-state index contributed by atoms with van der Waals surface area (Å²) in [5.74, 6) is 0.378. The zero-order valence-corrected chi connectivity index (χ0v) is 16.1. The lowest BCUT2D eigenvalue weighted by Gasteiger charge is -2.08. The van der Waals surface area contributed by atoms with E-state index in [-0.39, 0.29) is 0 Å². The number of aromatic nitrogens is 1. The molecule has 1 aromatic carbocycles. The van der Waals surface area contributed by atoms with Gasteiger partial charge in [-0.05, 0) is 59.2 Å². The van der Waals surface area contributed by atoms with Crippen LogP contribution >= 0.6 is 0 Å². The molecule has 0 amide bonds. The summed E-state index contributed by atoms with van der Waals surface area (Å²) in [5.41, 5.74) is 7.58. The van der Waals surface area contributed by atoms with Crippen molar-refractivity contribution in [1.29, 1.82) is 0 Å². The first-order valence-electron chi connectivity index (χ1n) is 9.30. The maximum absolute atomic E-state index is 4.47. The Morgan fingerprint density at radius 1 is 0.960 bits per heavy atom. The molecule has 0 fully saturated rings. The van der Waals surface area contributed by atoms with Crippen LogP contribution in [0.2, 0.25) is 0 Å². The van der Waals surface area contributed by atoms with Gasteiger partial charge in [-0.25, -0.2) is 0 Å². The highest BCUT2D eigenvalue weighted by molar-refractivity contribution is 5.83. The van der Waals surface area contributed by atoms with Gasteiger partial charge < -0.3 is 0 Å². The van der Waals surface area contributed by atoms with Gasteiger partial charge in [0, 0.05) is 6.20 Å². The molecule has 0 radical (unpaired) electrons. The minimum absolute atomic E-state index is 0.378. The molecule has 0 N–H and O–H groups in total. The molecule has 1 atom stereocenters. The zero-order valence-electron chi connectivity index (χ0n) is 16.1. The summed E-state index contributed by atoms with van der Waals surface area (Å²) in [4.78, 5) is 4.47. The van der Waals surface area contributed by atoms with Gasteiger partial charge in [0.05, 0.1) is 5.69 Å². The first kappa shape index (κ1) is 18.9. The summed E-state index contributed by atoms with van der Waals surface area (Å²) in [6.45, 7) is 10.6. The number of rotatable bonds is 3. The Kier molecular flexibility index (Phi) is 6.94. The van der Waals surface area contributed by atoms with Gasteiger partial charge in [0.25, 0.3) is 0 Å². The molecule has 3 rings (SSSR count). The highest BCUT2D eigenvalue weighted by Gasteiger charge is 2.09. The van der Waals surface area contributed by atoms with Crippen molar-refractivity contribution in [3.05, 3.63) is 89.3 Å². The van der Waals surface area contributed by atoms with Crippen LogP contribution < -0.4 is 0 Å². The van der Waals surface area contributed by atoms with E-state index in [1.807, 2.05) is 32.2 Å². The molecule has 1 aliphatic carbocycles. The van der Waals surface area contributed by atoms with Crippen molar-refractivity contribution in [2.45, 2.75) is 41.0 Å². The third-order valence-corrected chi connectivity index (χ3v) is 4.34. The van der Waals surface area contributed by atoms with Gasteiger partial charge in [-0.1, -0.05) is 76.3 Å². The van der Waals surface area contributed by atoms with Crippen LogP contribution in [-0.4, -0.2) is 4.98 Å². The van der Waals surface area contributed by atoms with Crippen LogP contribution in [0.15, 0.2) is 66.9 Å². The van der Waals surface area contributed by atoms with Crippen LogP contribution in [0.1, 0.15) is 50.1 Å². The van der Waals surface area contributed by atoms with Crippen LogP contribution in [0, 0.1) is 12.8 Å². The largest absolute Gasteiger partial charge is 0.256 e. The summed E-state index contributed by atoms with van der Waals surface area (Å²) in [6.07, 6.45) is 11.9. The number of allylic oxidation sites excluding steroid dienone is 6. The van der Waals surface area contributed by atoms with E-state index in [4.69, 9.17) is 0 Å². The van der Waals surface area contributed by atoms with Gasteiger partial charge in [0.2, 0.25) is 0 Å². The first-order valence-corrected chi connectivity index (χ1v) is 9.30. The third-order valence-electron chi connectivity index (χ3n) is 4.34. The molecule has 1 aromatic heterocycles. The Labute approximate surface area is 152 Å². The van der Waals surface area contributed by atoms with E-state index in [0.717, 1.165) is 12.1 Å². The molecule has 0 spiro atoms. The lowest BCUT2D eigenvalue weighted by atomic mass is 9.97. The highest BCUT2D eigenvalue weighted by atomic mass is 14.7. The monoisotopic (exact) mass is 331 g/mol. The van der Waals surface area contributed by atoms with Crippen molar-refractivity contribution in [3.8, 4) is 0 Å². The minimum atomic E-state index is 0.378. The fourth-order valence-electron chi connectivity index (χ4n) is 3.07. The molecule has 1 aliphatic rings. The standard InChI is InChI=1S/C22H23N.C2H6/c1-4-18-8-9-20(15-17(18)3)19-10-11-21(14-16(2)13-19)22-7-5-6-12-23-22;1-2/h5-16H,4H2,1-3H3;1-2H3. The van der Waals surface area contributed by atoms with Crippen molar-refractivity contribution >= 4 is 11.1 Å². The zero-order chi connectivity index (χ0) is 18.2. The van der Waals surface area contributed by atoms with E-state index in [0.29, 0.717) is 5.92 Å². The van der Waals surface area contributed by atoms with E-state index in [1.165, 1.54) is 27.8 Å². The van der Waals surface area contributed by atoms with E-state index in [2.05, 4.69) is 74.3 Å². The normalized spacial score (nSPS) is 16.3. The van der Waals surface area contributed by atoms with Crippen LogP contribution in [0.25, 0.3) is 11.1 Å². The fraction of sp³-hybridized carbons (Fsp3) is 0.292. The second kappa shape index (κ2) is 9.17. The molecule has 0 aliphatic heterocycles. The first-order chi connectivity index (χ1) is 12.2. The van der Waals surface area contributed by atoms with Crippen molar-refractivity contribution in [1.82, 2.24) is 4.98 Å². The van der Waals surface area contributed by atoms with Gasteiger partial charge in [-0.15, -0.1) is 0 Å². The molecular formula is C24H29N. The minimum Gasteiger partial charge on any atom is -0.256 e. The lowest BCUT2D eigenvalue weighted by molar-refractivity contribution is 0.946. The van der Waals surface area contributed by atoms with Crippen molar-refractivity contribution < 1.29 is 0 Å². The predicted octanol–water partition coefficient (Wildman–Crippen LogP) is 6.65.